The molecule has 0 aromatic heterocycles. The van der Waals surface area contributed by atoms with Crippen molar-refractivity contribution >= 4 is 0 Å². The minimum Gasteiger partial charge on any atom is -0.312 e. The zero-order valence-corrected chi connectivity index (χ0v) is 12.5. The van der Waals surface area contributed by atoms with E-state index in [4.69, 9.17) is 0 Å². The number of hydrogen-bond donors (Lipinski definition) is 1. The van der Waals surface area contributed by atoms with Crippen LogP contribution in [0, 0.1) is 6.92 Å². The zero-order chi connectivity index (χ0) is 13.4. The molecule has 1 N–H and O–H groups in total. The number of rotatable bonds is 8. The summed E-state index contributed by atoms with van der Waals surface area (Å²) in [6, 6.07) is 10.1. The van der Waals surface area contributed by atoms with Crippen LogP contribution in [-0.4, -0.2) is 12.1 Å². The van der Waals surface area contributed by atoms with E-state index in [1.165, 1.54) is 43.2 Å². The normalized spacial score (nSPS) is 14.4. The molecule has 1 heteroatoms. The molecule has 0 saturated heterocycles. The molecule has 0 bridgehead atoms. The van der Waals surface area contributed by atoms with Gasteiger partial charge in [-0.1, -0.05) is 49.6 Å². The zero-order valence-electron chi connectivity index (χ0n) is 12.5. The second-order valence-electron chi connectivity index (χ2n) is 5.64. The van der Waals surface area contributed by atoms with Crippen molar-refractivity contribution in [1.29, 1.82) is 0 Å². The largest absolute Gasteiger partial charge is 0.312 e. The Kier molecular flexibility index (Phi) is 7.04. The second kappa shape index (κ2) is 8.31. The Morgan fingerprint density at radius 3 is 2.50 bits per heavy atom. The van der Waals surface area contributed by atoms with Crippen molar-refractivity contribution in [3.8, 4) is 0 Å². The summed E-state index contributed by atoms with van der Waals surface area (Å²) < 4.78 is 0. The lowest BCUT2D eigenvalue weighted by atomic mass is 10.0. The molecule has 18 heavy (non-hydrogen) atoms. The van der Waals surface area contributed by atoms with Crippen LogP contribution in [0.3, 0.4) is 0 Å². The molecule has 0 aliphatic carbocycles. The van der Waals surface area contributed by atoms with E-state index in [1.807, 2.05) is 0 Å². The maximum atomic E-state index is 3.70. The van der Waals surface area contributed by atoms with E-state index < -0.39 is 0 Å². The van der Waals surface area contributed by atoms with Gasteiger partial charge in [0.05, 0.1) is 0 Å². The Morgan fingerprint density at radius 2 is 1.83 bits per heavy atom. The van der Waals surface area contributed by atoms with E-state index in [2.05, 4.69) is 57.3 Å². The topological polar surface area (TPSA) is 12.0 Å². The predicted octanol–water partition coefficient (Wildman–Crippen LogP) is 4.48. The van der Waals surface area contributed by atoms with Crippen LogP contribution in [-0.2, 0) is 6.42 Å². The number of benzene rings is 1. The fourth-order valence-electron chi connectivity index (χ4n) is 2.41. The molecule has 0 fully saturated rings. The fraction of sp³-hybridized carbons (Fsp3) is 0.647. The van der Waals surface area contributed by atoms with Crippen molar-refractivity contribution in [2.45, 2.75) is 71.9 Å². The molecule has 0 aliphatic heterocycles. The Labute approximate surface area is 113 Å². The van der Waals surface area contributed by atoms with E-state index in [9.17, 15) is 0 Å². The maximum absolute atomic E-state index is 3.70. The van der Waals surface area contributed by atoms with E-state index >= 15 is 0 Å². The standard InChI is InChI=1S/C17H29N/c1-5-6-9-15(3)18-16(4)11-12-17-10-7-8-14(2)13-17/h7-8,10,13,15-16,18H,5-6,9,11-12H2,1-4H3. The first-order valence-corrected chi connectivity index (χ1v) is 7.43. The lowest BCUT2D eigenvalue weighted by molar-refractivity contribution is 0.420. The molecular formula is C17H29N. The lowest BCUT2D eigenvalue weighted by Crippen LogP contribution is -2.34. The molecule has 0 amide bonds. The van der Waals surface area contributed by atoms with Crippen molar-refractivity contribution in [3.05, 3.63) is 35.4 Å². The highest BCUT2D eigenvalue weighted by Gasteiger charge is 2.07. The monoisotopic (exact) mass is 247 g/mol. The van der Waals surface area contributed by atoms with E-state index in [1.54, 1.807) is 0 Å². The first-order chi connectivity index (χ1) is 8.61. The van der Waals surface area contributed by atoms with E-state index in [0.29, 0.717) is 12.1 Å². The number of hydrogen-bond acceptors (Lipinski definition) is 1. The Balaban J connectivity index is 2.26. The van der Waals surface area contributed by atoms with Crippen molar-refractivity contribution in [3.63, 3.8) is 0 Å². The molecule has 1 rings (SSSR count). The summed E-state index contributed by atoms with van der Waals surface area (Å²) in [4.78, 5) is 0. The van der Waals surface area contributed by atoms with Gasteiger partial charge in [-0.25, -0.2) is 0 Å². The molecule has 0 saturated carbocycles. The Hall–Kier alpha value is -0.820. The summed E-state index contributed by atoms with van der Waals surface area (Å²) in [5.41, 5.74) is 2.83. The van der Waals surface area contributed by atoms with Gasteiger partial charge >= 0.3 is 0 Å². The third kappa shape index (κ3) is 6.20. The quantitative estimate of drug-likeness (QED) is 0.714. The molecule has 0 heterocycles. The predicted molar refractivity (Wildman–Crippen MR) is 81.1 cm³/mol. The fourth-order valence-corrected chi connectivity index (χ4v) is 2.41. The van der Waals surface area contributed by atoms with Gasteiger partial charge in [-0.3, -0.25) is 0 Å². The van der Waals surface area contributed by atoms with Gasteiger partial charge in [0, 0.05) is 12.1 Å². The summed E-state index contributed by atoms with van der Waals surface area (Å²) in [6.07, 6.45) is 6.32. The summed E-state index contributed by atoms with van der Waals surface area (Å²) in [5, 5.41) is 3.70. The minimum atomic E-state index is 0.609. The lowest BCUT2D eigenvalue weighted by Gasteiger charge is -2.20. The van der Waals surface area contributed by atoms with Gasteiger partial charge in [0.2, 0.25) is 0 Å². The highest BCUT2D eigenvalue weighted by atomic mass is 14.9. The van der Waals surface area contributed by atoms with Crippen LogP contribution in [0.1, 0.15) is 57.6 Å². The summed E-state index contributed by atoms with van der Waals surface area (Å²) in [7, 11) is 0. The van der Waals surface area contributed by atoms with Gasteiger partial charge in [0.25, 0.3) is 0 Å². The third-order valence-electron chi connectivity index (χ3n) is 3.51. The van der Waals surface area contributed by atoms with Gasteiger partial charge in [-0.15, -0.1) is 0 Å². The van der Waals surface area contributed by atoms with Gasteiger partial charge in [0.1, 0.15) is 0 Å². The van der Waals surface area contributed by atoms with Gasteiger partial charge in [-0.05, 0) is 45.6 Å². The molecule has 102 valence electrons. The molecular weight excluding hydrogens is 218 g/mol. The van der Waals surface area contributed by atoms with Crippen LogP contribution in [0.2, 0.25) is 0 Å². The Bertz CT molecular complexity index is 332. The van der Waals surface area contributed by atoms with Crippen molar-refractivity contribution in [1.82, 2.24) is 5.32 Å². The maximum Gasteiger partial charge on any atom is 0.00443 e. The highest BCUT2D eigenvalue weighted by Crippen LogP contribution is 2.09. The smallest absolute Gasteiger partial charge is 0.00443 e. The number of aryl methyl sites for hydroxylation is 2. The number of unbranched alkanes of at least 4 members (excludes halogenated alkanes) is 1. The molecule has 0 aliphatic rings. The van der Waals surface area contributed by atoms with Crippen molar-refractivity contribution < 1.29 is 0 Å². The van der Waals surface area contributed by atoms with Gasteiger partial charge < -0.3 is 5.32 Å². The summed E-state index contributed by atoms with van der Waals surface area (Å²) >= 11 is 0. The first-order valence-electron chi connectivity index (χ1n) is 7.43. The molecule has 2 atom stereocenters. The molecule has 1 nitrogen and oxygen atoms in total. The summed E-state index contributed by atoms with van der Waals surface area (Å²) in [6.45, 7) is 9.03. The average Bonchev–Trinajstić information content (AvgIpc) is 2.34. The van der Waals surface area contributed by atoms with Crippen LogP contribution in [0.15, 0.2) is 24.3 Å². The second-order valence-corrected chi connectivity index (χ2v) is 5.64. The van der Waals surface area contributed by atoms with Gasteiger partial charge in [0.15, 0.2) is 0 Å². The Morgan fingerprint density at radius 1 is 1.11 bits per heavy atom. The van der Waals surface area contributed by atoms with Gasteiger partial charge in [-0.2, -0.15) is 0 Å². The SMILES string of the molecule is CCCCC(C)NC(C)CCc1cccc(C)c1. The minimum absolute atomic E-state index is 0.609. The van der Waals surface area contributed by atoms with E-state index in [-0.39, 0.29) is 0 Å². The summed E-state index contributed by atoms with van der Waals surface area (Å²) in [5.74, 6) is 0. The highest BCUT2D eigenvalue weighted by molar-refractivity contribution is 5.22. The van der Waals surface area contributed by atoms with Crippen molar-refractivity contribution in [2.24, 2.45) is 0 Å². The van der Waals surface area contributed by atoms with Crippen LogP contribution < -0.4 is 5.32 Å². The average molecular weight is 247 g/mol. The molecule has 1 aromatic carbocycles. The van der Waals surface area contributed by atoms with Crippen LogP contribution >= 0.6 is 0 Å². The van der Waals surface area contributed by atoms with Crippen molar-refractivity contribution in [2.75, 3.05) is 0 Å². The third-order valence-corrected chi connectivity index (χ3v) is 3.51. The molecule has 1 aromatic rings. The van der Waals surface area contributed by atoms with Crippen LogP contribution in [0.5, 0.6) is 0 Å². The molecule has 0 spiro atoms. The molecule has 2 unspecified atom stereocenters. The van der Waals surface area contributed by atoms with Crippen LogP contribution in [0.4, 0.5) is 0 Å². The molecule has 0 radical (unpaired) electrons. The van der Waals surface area contributed by atoms with E-state index in [0.717, 1.165) is 0 Å². The van der Waals surface area contributed by atoms with Crippen LogP contribution in [0.25, 0.3) is 0 Å². The number of nitrogens with one attached hydrogen (secondary N) is 1. The first kappa shape index (κ1) is 15.2.